The van der Waals surface area contributed by atoms with Crippen LogP contribution in [0.2, 0.25) is 0 Å². The lowest BCUT2D eigenvalue weighted by Gasteiger charge is -2.25. The second kappa shape index (κ2) is 4.81. The number of nitriles is 1. The average molecular weight is 187 g/mol. The van der Waals surface area contributed by atoms with Gasteiger partial charge in [0.05, 0.1) is 6.07 Å². The molecule has 0 amide bonds. The van der Waals surface area contributed by atoms with Crippen molar-refractivity contribution >= 4 is 0 Å². The number of nitrogens with zero attached hydrogens (tertiary/aromatic N) is 1. The van der Waals surface area contributed by atoms with Gasteiger partial charge in [0, 0.05) is 6.42 Å². The summed E-state index contributed by atoms with van der Waals surface area (Å²) in [6.45, 7) is 4.34. The minimum atomic E-state index is 0.135. The number of hydrogen-bond acceptors (Lipinski definition) is 1. The molecule has 0 N–H and O–H groups in total. The van der Waals surface area contributed by atoms with Crippen LogP contribution < -0.4 is 0 Å². The highest BCUT2D eigenvalue weighted by Crippen LogP contribution is 2.29. The highest BCUT2D eigenvalue weighted by Gasteiger charge is 2.21. The highest BCUT2D eigenvalue weighted by molar-refractivity contribution is 5.16. The van der Waals surface area contributed by atoms with Gasteiger partial charge in [-0.2, -0.15) is 5.26 Å². The molecule has 1 aromatic carbocycles. The van der Waals surface area contributed by atoms with E-state index in [1.165, 1.54) is 5.56 Å². The monoisotopic (exact) mass is 187 g/mol. The SMILES string of the molecule is CCC(C)(CC#N)Cc1ccccc1. The van der Waals surface area contributed by atoms with Gasteiger partial charge in [0.1, 0.15) is 0 Å². The Morgan fingerprint density at radius 3 is 2.43 bits per heavy atom. The van der Waals surface area contributed by atoms with Gasteiger partial charge in [-0.3, -0.25) is 0 Å². The summed E-state index contributed by atoms with van der Waals surface area (Å²) in [5.74, 6) is 0. The zero-order valence-corrected chi connectivity index (χ0v) is 8.96. The van der Waals surface area contributed by atoms with Crippen LogP contribution in [0.15, 0.2) is 30.3 Å². The molecule has 14 heavy (non-hydrogen) atoms. The molecule has 1 unspecified atom stereocenters. The summed E-state index contributed by atoms with van der Waals surface area (Å²) in [7, 11) is 0. The Labute approximate surface area is 86.4 Å². The molecule has 1 aromatic rings. The number of benzene rings is 1. The molecule has 0 fully saturated rings. The first kappa shape index (κ1) is 10.8. The topological polar surface area (TPSA) is 23.8 Å². The highest BCUT2D eigenvalue weighted by atomic mass is 14.3. The molecule has 1 heteroatoms. The maximum atomic E-state index is 8.76. The summed E-state index contributed by atoms with van der Waals surface area (Å²) in [5.41, 5.74) is 1.46. The van der Waals surface area contributed by atoms with E-state index >= 15 is 0 Å². The lowest BCUT2D eigenvalue weighted by molar-refractivity contribution is 0.316. The van der Waals surface area contributed by atoms with E-state index in [-0.39, 0.29) is 5.41 Å². The molecule has 1 nitrogen and oxygen atoms in total. The minimum absolute atomic E-state index is 0.135. The van der Waals surface area contributed by atoms with E-state index in [9.17, 15) is 0 Å². The van der Waals surface area contributed by atoms with E-state index in [1.807, 2.05) is 6.07 Å². The van der Waals surface area contributed by atoms with Crippen LogP contribution in [0.4, 0.5) is 0 Å². The van der Waals surface area contributed by atoms with Crippen molar-refractivity contribution in [3.8, 4) is 6.07 Å². The Kier molecular flexibility index (Phi) is 3.71. The largest absolute Gasteiger partial charge is 0.198 e. The fourth-order valence-electron chi connectivity index (χ4n) is 1.59. The summed E-state index contributed by atoms with van der Waals surface area (Å²) in [6.07, 6.45) is 2.69. The normalized spacial score (nSPS) is 14.4. The van der Waals surface area contributed by atoms with Crippen molar-refractivity contribution in [2.75, 3.05) is 0 Å². The Hall–Kier alpha value is -1.29. The maximum Gasteiger partial charge on any atom is 0.0627 e. The van der Waals surface area contributed by atoms with Gasteiger partial charge in [0.25, 0.3) is 0 Å². The molecule has 0 radical (unpaired) electrons. The Bertz CT molecular complexity index is 310. The van der Waals surface area contributed by atoms with E-state index < -0.39 is 0 Å². The summed E-state index contributed by atoms with van der Waals surface area (Å²) >= 11 is 0. The molecular formula is C13H17N. The van der Waals surface area contributed by atoms with Crippen molar-refractivity contribution in [2.45, 2.75) is 33.1 Å². The van der Waals surface area contributed by atoms with E-state index in [2.05, 4.69) is 44.2 Å². The molecule has 0 bridgehead atoms. The summed E-state index contributed by atoms with van der Waals surface area (Å²) < 4.78 is 0. The molecule has 0 saturated heterocycles. The Morgan fingerprint density at radius 2 is 1.93 bits per heavy atom. The van der Waals surface area contributed by atoms with Crippen molar-refractivity contribution < 1.29 is 0 Å². The van der Waals surface area contributed by atoms with Gasteiger partial charge in [-0.1, -0.05) is 44.2 Å². The van der Waals surface area contributed by atoms with Crippen LogP contribution >= 0.6 is 0 Å². The molecule has 74 valence electrons. The third-order valence-electron chi connectivity index (χ3n) is 2.83. The quantitative estimate of drug-likeness (QED) is 0.707. The van der Waals surface area contributed by atoms with Gasteiger partial charge in [-0.15, -0.1) is 0 Å². The molecule has 0 aliphatic heterocycles. The third kappa shape index (κ3) is 2.88. The first-order valence-corrected chi connectivity index (χ1v) is 5.11. The lowest BCUT2D eigenvalue weighted by Crippen LogP contribution is -2.17. The third-order valence-corrected chi connectivity index (χ3v) is 2.83. The van der Waals surface area contributed by atoms with Crippen LogP contribution in [0.3, 0.4) is 0 Å². The van der Waals surface area contributed by atoms with E-state index in [0.29, 0.717) is 6.42 Å². The van der Waals surface area contributed by atoms with E-state index in [4.69, 9.17) is 5.26 Å². The van der Waals surface area contributed by atoms with Crippen molar-refractivity contribution in [1.82, 2.24) is 0 Å². The first-order valence-electron chi connectivity index (χ1n) is 5.11. The number of hydrogen-bond donors (Lipinski definition) is 0. The average Bonchev–Trinajstić information content (AvgIpc) is 2.20. The van der Waals surface area contributed by atoms with E-state index in [0.717, 1.165) is 12.8 Å². The van der Waals surface area contributed by atoms with Gasteiger partial charge >= 0.3 is 0 Å². The fraction of sp³-hybridized carbons (Fsp3) is 0.462. The predicted molar refractivity (Wildman–Crippen MR) is 58.8 cm³/mol. The van der Waals surface area contributed by atoms with Crippen molar-refractivity contribution in [3.05, 3.63) is 35.9 Å². The van der Waals surface area contributed by atoms with Crippen molar-refractivity contribution in [1.29, 1.82) is 5.26 Å². The van der Waals surface area contributed by atoms with Gasteiger partial charge in [-0.25, -0.2) is 0 Å². The molecule has 0 heterocycles. The van der Waals surface area contributed by atoms with Crippen LogP contribution in [-0.2, 0) is 6.42 Å². The number of rotatable bonds is 4. The fourth-order valence-corrected chi connectivity index (χ4v) is 1.59. The van der Waals surface area contributed by atoms with Crippen LogP contribution in [0, 0.1) is 16.7 Å². The molecule has 1 atom stereocenters. The van der Waals surface area contributed by atoms with Crippen molar-refractivity contribution in [3.63, 3.8) is 0 Å². The molecular weight excluding hydrogens is 170 g/mol. The van der Waals surface area contributed by atoms with Gasteiger partial charge in [0.2, 0.25) is 0 Å². The van der Waals surface area contributed by atoms with Crippen LogP contribution in [-0.4, -0.2) is 0 Å². The van der Waals surface area contributed by atoms with Gasteiger partial charge in [-0.05, 0) is 23.8 Å². The summed E-state index contributed by atoms with van der Waals surface area (Å²) in [5, 5.41) is 8.76. The smallest absolute Gasteiger partial charge is 0.0627 e. The van der Waals surface area contributed by atoms with Crippen LogP contribution in [0.5, 0.6) is 0 Å². The Balaban J connectivity index is 2.71. The zero-order chi connectivity index (χ0) is 10.4. The molecule has 0 spiro atoms. The maximum absolute atomic E-state index is 8.76. The second-order valence-electron chi connectivity index (χ2n) is 4.16. The molecule has 0 saturated carbocycles. The molecule has 0 aliphatic carbocycles. The molecule has 1 rings (SSSR count). The van der Waals surface area contributed by atoms with Gasteiger partial charge < -0.3 is 0 Å². The molecule has 0 aliphatic rings. The van der Waals surface area contributed by atoms with Crippen LogP contribution in [0.25, 0.3) is 0 Å². The summed E-state index contributed by atoms with van der Waals surface area (Å²) in [4.78, 5) is 0. The first-order chi connectivity index (χ1) is 6.70. The van der Waals surface area contributed by atoms with Crippen molar-refractivity contribution in [2.24, 2.45) is 5.41 Å². The van der Waals surface area contributed by atoms with Crippen LogP contribution in [0.1, 0.15) is 32.3 Å². The van der Waals surface area contributed by atoms with Gasteiger partial charge in [0.15, 0.2) is 0 Å². The zero-order valence-electron chi connectivity index (χ0n) is 8.96. The summed E-state index contributed by atoms with van der Waals surface area (Å²) in [6, 6.07) is 12.7. The lowest BCUT2D eigenvalue weighted by atomic mass is 9.79. The molecule has 0 aromatic heterocycles. The standard InChI is InChI=1S/C13H17N/c1-3-13(2,9-10-14)11-12-7-5-4-6-8-12/h4-8H,3,9,11H2,1-2H3. The minimum Gasteiger partial charge on any atom is -0.198 e. The van der Waals surface area contributed by atoms with E-state index in [1.54, 1.807) is 0 Å². The predicted octanol–water partition coefficient (Wildman–Crippen LogP) is 3.56. The second-order valence-corrected chi connectivity index (χ2v) is 4.16. The Morgan fingerprint density at radius 1 is 1.29 bits per heavy atom.